The summed E-state index contributed by atoms with van der Waals surface area (Å²) in [6.45, 7) is 4.88. The van der Waals surface area contributed by atoms with Gasteiger partial charge < -0.3 is 5.32 Å². The van der Waals surface area contributed by atoms with Gasteiger partial charge in [-0.1, -0.05) is 24.3 Å². The molecule has 1 saturated heterocycles. The van der Waals surface area contributed by atoms with Crippen LogP contribution in [0.15, 0.2) is 35.7 Å². The summed E-state index contributed by atoms with van der Waals surface area (Å²) in [6.07, 6.45) is 4.93. The van der Waals surface area contributed by atoms with Crippen molar-refractivity contribution in [3.63, 3.8) is 0 Å². The van der Waals surface area contributed by atoms with Crippen molar-refractivity contribution in [1.29, 1.82) is 0 Å². The van der Waals surface area contributed by atoms with E-state index in [1.165, 1.54) is 48.9 Å². The van der Waals surface area contributed by atoms with Crippen molar-refractivity contribution in [2.45, 2.75) is 51.2 Å². The molecule has 3 nitrogen and oxygen atoms in total. The van der Waals surface area contributed by atoms with Crippen molar-refractivity contribution >= 4 is 17.1 Å². The molecule has 1 aliphatic heterocycles. The number of hydrogen-bond donors (Lipinski definition) is 1. The number of ketones is 1. The van der Waals surface area contributed by atoms with Crippen LogP contribution in [0.1, 0.15) is 46.1 Å². The van der Waals surface area contributed by atoms with Crippen LogP contribution in [-0.2, 0) is 19.4 Å². The van der Waals surface area contributed by atoms with Crippen LogP contribution in [0.5, 0.6) is 0 Å². The van der Waals surface area contributed by atoms with Gasteiger partial charge in [-0.15, -0.1) is 11.3 Å². The van der Waals surface area contributed by atoms with E-state index >= 15 is 0 Å². The van der Waals surface area contributed by atoms with Crippen molar-refractivity contribution in [3.8, 4) is 0 Å². The molecule has 2 heterocycles. The number of nitrogens with zero attached hydrogens (tertiary/aromatic N) is 1. The number of carbonyl (C=O) groups excluding carboxylic acids is 1. The molecule has 4 heteroatoms. The van der Waals surface area contributed by atoms with Crippen LogP contribution in [0.3, 0.4) is 0 Å². The van der Waals surface area contributed by atoms with E-state index in [4.69, 9.17) is 0 Å². The number of likely N-dealkylation sites (tertiary alicyclic amines) is 1. The molecule has 1 fully saturated rings. The maximum atomic E-state index is 11.4. The molecule has 2 aromatic rings. The quantitative estimate of drug-likeness (QED) is 0.832. The molecule has 0 amide bonds. The summed E-state index contributed by atoms with van der Waals surface area (Å²) in [4.78, 5) is 15.0. The summed E-state index contributed by atoms with van der Waals surface area (Å²) in [7, 11) is 0. The lowest BCUT2D eigenvalue weighted by Gasteiger charge is -2.37. The van der Waals surface area contributed by atoms with Crippen LogP contribution in [0.4, 0.5) is 0 Å². The van der Waals surface area contributed by atoms with Crippen molar-refractivity contribution in [3.05, 3.63) is 57.3 Å². The van der Waals surface area contributed by atoms with E-state index in [1.54, 1.807) is 18.3 Å². The second-order valence-electron chi connectivity index (χ2n) is 7.42. The second kappa shape index (κ2) is 7.40. The van der Waals surface area contributed by atoms with Gasteiger partial charge in [-0.2, -0.15) is 0 Å². The Hall–Kier alpha value is -1.49. The first kappa shape index (κ1) is 17.0. The average molecular weight is 355 g/mol. The first-order valence-electron chi connectivity index (χ1n) is 9.31. The third-order valence-electron chi connectivity index (χ3n) is 5.59. The summed E-state index contributed by atoms with van der Waals surface area (Å²) >= 11 is 1.56. The standard InChI is InChI=1S/C21H26N2OS/c1-15(24)21-9-16(14-25-21)12-22-19-7-4-8-23(13-19)20-10-17-5-2-3-6-18(17)11-20/h2-3,5-6,9,14,19-20,22H,4,7-8,10-13H2,1H3/t19-/m1/s1. The molecule has 1 aliphatic carbocycles. The van der Waals surface area contributed by atoms with Gasteiger partial charge in [-0.3, -0.25) is 9.69 Å². The smallest absolute Gasteiger partial charge is 0.169 e. The topological polar surface area (TPSA) is 32.3 Å². The molecule has 1 aromatic carbocycles. The Labute approximate surface area is 154 Å². The van der Waals surface area contributed by atoms with E-state index in [0.717, 1.165) is 18.0 Å². The molecule has 2 aliphatic rings. The number of thiophene rings is 1. The fourth-order valence-corrected chi connectivity index (χ4v) is 5.03. The monoisotopic (exact) mass is 354 g/mol. The SMILES string of the molecule is CC(=O)c1cc(CN[C@@H]2CCCN(C3Cc4ccccc4C3)C2)cs1. The minimum Gasteiger partial charge on any atom is -0.309 e. The Morgan fingerprint density at radius 2 is 2.04 bits per heavy atom. The summed E-state index contributed by atoms with van der Waals surface area (Å²) in [5.41, 5.74) is 4.32. The maximum absolute atomic E-state index is 11.4. The highest BCUT2D eigenvalue weighted by Crippen LogP contribution is 2.27. The van der Waals surface area contributed by atoms with Crippen molar-refractivity contribution in [1.82, 2.24) is 10.2 Å². The predicted octanol–water partition coefficient (Wildman–Crippen LogP) is 3.67. The largest absolute Gasteiger partial charge is 0.309 e. The molecule has 0 unspecified atom stereocenters. The fraction of sp³-hybridized carbons (Fsp3) is 0.476. The lowest BCUT2D eigenvalue weighted by Crippen LogP contribution is -2.49. The second-order valence-corrected chi connectivity index (χ2v) is 8.33. The van der Waals surface area contributed by atoms with Crippen LogP contribution < -0.4 is 5.32 Å². The van der Waals surface area contributed by atoms with Gasteiger partial charge in [0.05, 0.1) is 4.88 Å². The van der Waals surface area contributed by atoms with Crippen LogP contribution in [-0.4, -0.2) is 35.9 Å². The molecule has 1 atom stereocenters. The van der Waals surface area contributed by atoms with Crippen molar-refractivity contribution in [2.24, 2.45) is 0 Å². The number of hydrogen-bond acceptors (Lipinski definition) is 4. The van der Waals surface area contributed by atoms with Gasteiger partial charge in [-0.05, 0) is 67.3 Å². The van der Waals surface area contributed by atoms with Crippen LogP contribution in [0.2, 0.25) is 0 Å². The molecule has 132 valence electrons. The molecular weight excluding hydrogens is 328 g/mol. The van der Waals surface area contributed by atoms with Crippen LogP contribution in [0, 0.1) is 0 Å². The van der Waals surface area contributed by atoms with E-state index in [2.05, 4.69) is 39.9 Å². The molecule has 0 bridgehead atoms. The van der Waals surface area contributed by atoms with Crippen molar-refractivity contribution < 1.29 is 4.79 Å². The molecule has 25 heavy (non-hydrogen) atoms. The van der Waals surface area contributed by atoms with Crippen LogP contribution >= 0.6 is 11.3 Å². The third kappa shape index (κ3) is 3.86. The predicted molar refractivity (Wildman–Crippen MR) is 103 cm³/mol. The maximum Gasteiger partial charge on any atom is 0.169 e. The highest BCUT2D eigenvalue weighted by Gasteiger charge is 2.30. The molecular formula is C21H26N2OS. The molecule has 0 radical (unpaired) electrons. The number of carbonyl (C=O) groups is 1. The normalized spacial score (nSPS) is 21.4. The van der Waals surface area contributed by atoms with E-state index in [0.29, 0.717) is 12.1 Å². The Bertz CT molecular complexity index is 729. The number of nitrogens with one attached hydrogen (secondary N) is 1. The summed E-state index contributed by atoms with van der Waals surface area (Å²) in [6, 6.07) is 12.2. The zero-order chi connectivity index (χ0) is 17.2. The van der Waals surface area contributed by atoms with Gasteiger partial charge in [0.2, 0.25) is 0 Å². The van der Waals surface area contributed by atoms with Gasteiger partial charge in [-0.25, -0.2) is 0 Å². The minimum atomic E-state index is 0.167. The Balaban J connectivity index is 1.31. The van der Waals surface area contributed by atoms with E-state index < -0.39 is 0 Å². The molecule has 1 aromatic heterocycles. The molecule has 4 rings (SSSR count). The van der Waals surface area contributed by atoms with Gasteiger partial charge >= 0.3 is 0 Å². The first-order chi connectivity index (χ1) is 12.2. The van der Waals surface area contributed by atoms with Gasteiger partial charge in [0.25, 0.3) is 0 Å². The zero-order valence-electron chi connectivity index (χ0n) is 14.8. The summed E-state index contributed by atoms with van der Waals surface area (Å²) in [5, 5.41) is 5.83. The summed E-state index contributed by atoms with van der Waals surface area (Å²) < 4.78 is 0. The zero-order valence-corrected chi connectivity index (χ0v) is 15.6. The lowest BCUT2D eigenvalue weighted by atomic mass is 10.0. The van der Waals surface area contributed by atoms with E-state index in [1.807, 2.05) is 6.07 Å². The molecule has 1 N–H and O–H groups in total. The van der Waals surface area contributed by atoms with Crippen LogP contribution in [0.25, 0.3) is 0 Å². The van der Waals surface area contributed by atoms with Crippen molar-refractivity contribution in [2.75, 3.05) is 13.1 Å². The number of piperidine rings is 1. The number of fused-ring (bicyclic) bond motifs is 1. The van der Waals surface area contributed by atoms with E-state index in [-0.39, 0.29) is 5.78 Å². The highest BCUT2D eigenvalue weighted by atomic mass is 32.1. The fourth-order valence-electron chi connectivity index (χ4n) is 4.21. The average Bonchev–Trinajstić information content (AvgIpc) is 3.27. The number of rotatable bonds is 5. The Kier molecular flexibility index (Phi) is 5.02. The lowest BCUT2D eigenvalue weighted by molar-refractivity contribution is 0.102. The Morgan fingerprint density at radius 1 is 1.28 bits per heavy atom. The number of Topliss-reactive ketones (excluding diaryl/α,β-unsaturated/α-hetero) is 1. The minimum absolute atomic E-state index is 0.167. The molecule has 0 spiro atoms. The number of benzene rings is 1. The first-order valence-corrected chi connectivity index (χ1v) is 10.2. The molecule has 0 saturated carbocycles. The van der Waals surface area contributed by atoms with Gasteiger partial charge in [0.1, 0.15) is 0 Å². The third-order valence-corrected chi connectivity index (χ3v) is 6.67. The summed E-state index contributed by atoms with van der Waals surface area (Å²) in [5.74, 6) is 0.167. The van der Waals surface area contributed by atoms with Gasteiger partial charge in [0, 0.05) is 25.2 Å². The van der Waals surface area contributed by atoms with E-state index in [9.17, 15) is 4.79 Å². The Morgan fingerprint density at radius 3 is 2.72 bits per heavy atom. The highest BCUT2D eigenvalue weighted by molar-refractivity contribution is 7.12. The van der Waals surface area contributed by atoms with Gasteiger partial charge in [0.15, 0.2) is 5.78 Å².